The smallest absolute Gasteiger partial charge is 0.160 e. The summed E-state index contributed by atoms with van der Waals surface area (Å²) in [5, 5.41) is 1.17. The maximum Gasteiger partial charge on any atom is 0.160 e. The average molecular weight is 339 g/mol. The van der Waals surface area contributed by atoms with Crippen molar-refractivity contribution in [3.63, 3.8) is 0 Å². The molecule has 2 aromatic rings. The highest BCUT2D eigenvalue weighted by Gasteiger charge is 2.45. The molecule has 24 heavy (non-hydrogen) atoms. The second-order valence-corrected chi connectivity index (χ2v) is 7.10. The largest absolute Gasteiger partial charge is 0.497 e. The second kappa shape index (κ2) is 6.48. The van der Waals surface area contributed by atoms with Crippen LogP contribution in [0.4, 0.5) is 0 Å². The molecule has 0 radical (unpaired) electrons. The summed E-state index contributed by atoms with van der Waals surface area (Å²) in [6.45, 7) is 2.26. The fourth-order valence-corrected chi connectivity index (χ4v) is 4.85. The average Bonchev–Trinajstić information content (AvgIpc) is 3.21. The van der Waals surface area contributed by atoms with E-state index in [1.54, 1.807) is 7.11 Å². The number of hydrogen-bond donors (Lipinski definition) is 0. The second-order valence-electron chi connectivity index (χ2n) is 6.11. The molecule has 0 amide bonds. The van der Waals surface area contributed by atoms with Crippen LogP contribution >= 0.6 is 11.8 Å². The number of amidine groups is 1. The molecule has 4 nitrogen and oxygen atoms in total. The topological polar surface area (TPSA) is 37.7 Å². The molecule has 1 aromatic carbocycles. The molecule has 0 saturated carbocycles. The zero-order chi connectivity index (χ0) is 16.5. The van der Waals surface area contributed by atoms with Crippen LogP contribution in [-0.2, 0) is 0 Å². The van der Waals surface area contributed by atoms with E-state index in [-0.39, 0.29) is 12.1 Å². The number of fused-ring (bicyclic) bond motifs is 1. The highest BCUT2D eigenvalue weighted by Crippen LogP contribution is 2.48. The van der Waals surface area contributed by atoms with Crippen molar-refractivity contribution < 1.29 is 4.74 Å². The molecule has 2 aliphatic heterocycles. The van der Waals surface area contributed by atoms with Gasteiger partial charge in [-0.25, -0.2) is 0 Å². The van der Waals surface area contributed by atoms with Crippen molar-refractivity contribution in [2.45, 2.75) is 31.5 Å². The molecule has 1 fully saturated rings. The van der Waals surface area contributed by atoms with Crippen LogP contribution in [0.15, 0.2) is 53.7 Å². The van der Waals surface area contributed by atoms with Gasteiger partial charge < -0.3 is 9.64 Å². The van der Waals surface area contributed by atoms with Gasteiger partial charge in [0.15, 0.2) is 5.17 Å². The SMILES string of the molecule is CC[C@H]1CSC2=N[C@H](c3ccccn3)[C@@H](c3ccc(OC)cc3)N21. The lowest BCUT2D eigenvalue weighted by Gasteiger charge is -2.32. The van der Waals surface area contributed by atoms with Crippen molar-refractivity contribution >= 4 is 16.9 Å². The third kappa shape index (κ3) is 2.57. The first kappa shape index (κ1) is 15.5. The van der Waals surface area contributed by atoms with Gasteiger partial charge in [-0.15, -0.1) is 0 Å². The molecule has 2 aliphatic rings. The molecule has 1 aromatic heterocycles. The summed E-state index contributed by atoms with van der Waals surface area (Å²) in [4.78, 5) is 12.1. The van der Waals surface area contributed by atoms with E-state index in [1.807, 2.05) is 42.2 Å². The Kier molecular flexibility index (Phi) is 4.19. The van der Waals surface area contributed by atoms with E-state index in [0.717, 1.165) is 23.6 Å². The quantitative estimate of drug-likeness (QED) is 0.841. The summed E-state index contributed by atoms with van der Waals surface area (Å²) < 4.78 is 5.31. The predicted molar refractivity (Wildman–Crippen MR) is 98.5 cm³/mol. The van der Waals surface area contributed by atoms with Crippen molar-refractivity contribution in [2.24, 2.45) is 4.99 Å². The van der Waals surface area contributed by atoms with Crippen LogP contribution in [0.3, 0.4) is 0 Å². The molecule has 0 unspecified atom stereocenters. The number of thioether (sulfide) groups is 1. The molecule has 1 saturated heterocycles. The first-order chi connectivity index (χ1) is 11.8. The third-order valence-corrected chi connectivity index (χ3v) is 5.91. The minimum Gasteiger partial charge on any atom is -0.497 e. The number of benzene rings is 1. The van der Waals surface area contributed by atoms with Crippen LogP contribution in [0, 0.1) is 0 Å². The van der Waals surface area contributed by atoms with E-state index < -0.39 is 0 Å². The summed E-state index contributed by atoms with van der Waals surface area (Å²) in [5.41, 5.74) is 2.31. The van der Waals surface area contributed by atoms with Gasteiger partial charge in [0.25, 0.3) is 0 Å². The molecule has 4 rings (SSSR count). The summed E-state index contributed by atoms with van der Waals surface area (Å²) in [6, 6.07) is 15.3. The maximum atomic E-state index is 5.31. The molecule has 0 spiro atoms. The standard InChI is InChI=1S/C19H21N3OS/c1-3-14-12-24-19-21-17(16-6-4-5-11-20-16)18(22(14)19)13-7-9-15(23-2)10-8-13/h4-11,14,17-18H,3,12H2,1-2H3/t14-,17+,18+/m0/s1. The van der Waals surface area contributed by atoms with Crippen LogP contribution in [0.1, 0.15) is 36.7 Å². The zero-order valence-electron chi connectivity index (χ0n) is 13.9. The molecule has 3 atom stereocenters. The summed E-state index contributed by atoms with van der Waals surface area (Å²) in [5.74, 6) is 2.01. The Bertz CT molecular complexity index is 732. The lowest BCUT2D eigenvalue weighted by Crippen LogP contribution is -2.35. The first-order valence-corrected chi connectivity index (χ1v) is 9.34. The summed E-state index contributed by atoms with van der Waals surface area (Å²) >= 11 is 1.87. The van der Waals surface area contributed by atoms with Crippen molar-refractivity contribution in [3.05, 3.63) is 59.9 Å². The maximum absolute atomic E-state index is 5.31. The Balaban J connectivity index is 1.76. The Hall–Kier alpha value is -2.01. The predicted octanol–water partition coefficient (Wildman–Crippen LogP) is 4.07. The Morgan fingerprint density at radius 3 is 2.71 bits per heavy atom. The van der Waals surface area contributed by atoms with Gasteiger partial charge in [-0.05, 0) is 36.2 Å². The van der Waals surface area contributed by atoms with Gasteiger partial charge in [0, 0.05) is 18.0 Å². The van der Waals surface area contributed by atoms with Gasteiger partial charge >= 0.3 is 0 Å². The summed E-state index contributed by atoms with van der Waals surface area (Å²) in [6.07, 6.45) is 2.99. The molecular weight excluding hydrogens is 318 g/mol. The third-order valence-electron chi connectivity index (χ3n) is 4.79. The Labute approximate surface area is 147 Å². The number of rotatable bonds is 4. The van der Waals surface area contributed by atoms with Gasteiger partial charge in [-0.2, -0.15) is 0 Å². The van der Waals surface area contributed by atoms with Crippen LogP contribution in [0.25, 0.3) is 0 Å². The molecule has 3 heterocycles. The van der Waals surface area contributed by atoms with Gasteiger partial charge in [-0.1, -0.05) is 36.9 Å². The molecule has 0 N–H and O–H groups in total. The fourth-order valence-electron chi connectivity index (χ4n) is 3.51. The Morgan fingerprint density at radius 2 is 2.04 bits per heavy atom. The van der Waals surface area contributed by atoms with Gasteiger partial charge in [0.1, 0.15) is 11.8 Å². The van der Waals surface area contributed by atoms with Crippen molar-refractivity contribution in [2.75, 3.05) is 12.9 Å². The van der Waals surface area contributed by atoms with E-state index in [2.05, 4.69) is 35.0 Å². The highest BCUT2D eigenvalue weighted by molar-refractivity contribution is 8.14. The minimum absolute atomic E-state index is 0.0523. The van der Waals surface area contributed by atoms with Crippen LogP contribution < -0.4 is 4.74 Å². The fraction of sp³-hybridized carbons (Fsp3) is 0.368. The van der Waals surface area contributed by atoms with Gasteiger partial charge in [-0.3, -0.25) is 9.98 Å². The number of methoxy groups -OCH3 is 1. The molecule has 0 aliphatic carbocycles. The summed E-state index contributed by atoms with van der Waals surface area (Å²) in [7, 11) is 1.70. The van der Waals surface area contributed by atoms with Gasteiger partial charge in [0.05, 0.1) is 18.8 Å². The van der Waals surface area contributed by atoms with Crippen LogP contribution in [-0.4, -0.2) is 34.0 Å². The Morgan fingerprint density at radius 1 is 1.21 bits per heavy atom. The highest BCUT2D eigenvalue weighted by atomic mass is 32.2. The number of ether oxygens (including phenoxy) is 1. The minimum atomic E-state index is 0.0523. The lowest BCUT2D eigenvalue weighted by atomic mass is 9.95. The van der Waals surface area contributed by atoms with Crippen LogP contribution in [0.2, 0.25) is 0 Å². The van der Waals surface area contributed by atoms with Crippen molar-refractivity contribution in [3.8, 4) is 5.75 Å². The normalized spacial score (nSPS) is 25.5. The molecule has 5 heteroatoms. The number of nitrogens with zero attached hydrogens (tertiary/aromatic N) is 3. The number of aromatic nitrogens is 1. The monoisotopic (exact) mass is 339 g/mol. The molecule has 124 valence electrons. The van der Waals surface area contributed by atoms with Crippen molar-refractivity contribution in [1.29, 1.82) is 0 Å². The molecular formula is C19H21N3OS. The first-order valence-electron chi connectivity index (χ1n) is 8.35. The van der Waals surface area contributed by atoms with E-state index in [4.69, 9.17) is 9.73 Å². The number of pyridine rings is 1. The van der Waals surface area contributed by atoms with Crippen molar-refractivity contribution in [1.82, 2.24) is 9.88 Å². The van der Waals surface area contributed by atoms with E-state index >= 15 is 0 Å². The van der Waals surface area contributed by atoms with Crippen LogP contribution in [0.5, 0.6) is 5.75 Å². The number of aliphatic imine (C=N–C) groups is 1. The molecule has 0 bridgehead atoms. The number of hydrogen-bond acceptors (Lipinski definition) is 5. The zero-order valence-corrected chi connectivity index (χ0v) is 14.7. The van der Waals surface area contributed by atoms with E-state index in [1.165, 1.54) is 10.7 Å². The van der Waals surface area contributed by atoms with E-state index in [9.17, 15) is 0 Å². The van der Waals surface area contributed by atoms with E-state index in [0.29, 0.717) is 6.04 Å². The van der Waals surface area contributed by atoms with Gasteiger partial charge in [0.2, 0.25) is 0 Å². The lowest BCUT2D eigenvalue weighted by molar-refractivity contribution is 0.255.